The van der Waals surface area contributed by atoms with Crippen LogP contribution in [0.4, 0.5) is 20.6 Å². The van der Waals surface area contributed by atoms with E-state index in [2.05, 4.69) is 10.2 Å². The van der Waals surface area contributed by atoms with Crippen molar-refractivity contribution in [1.29, 1.82) is 0 Å². The molecule has 2 saturated heterocycles. The van der Waals surface area contributed by atoms with Crippen LogP contribution in [-0.2, 0) is 9.53 Å². The highest BCUT2D eigenvalue weighted by atomic mass is 32.2. The molecule has 8 heteroatoms. The van der Waals surface area contributed by atoms with E-state index >= 15 is 0 Å². The van der Waals surface area contributed by atoms with E-state index in [0.717, 1.165) is 37.4 Å². The van der Waals surface area contributed by atoms with Gasteiger partial charge in [-0.1, -0.05) is 20.8 Å². The number of rotatable bonds is 4. The molecule has 0 bridgehead atoms. The van der Waals surface area contributed by atoms with E-state index < -0.39 is 17.6 Å². The lowest BCUT2D eigenvalue weighted by molar-refractivity contribution is -0.128. The van der Waals surface area contributed by atoms with Crippen LogP contribution in [0.1, 0.15) is 33.6 Å². The van der Waals surface area contributed by atoms with Crippen molar-refractivity contribution in [1.82, 2.24) is 5.32 Å². The van der Waals surface area contributed by atoms with Gasteiger partial charge in [-0.05, 0) is 42.5 Å². The minimum Gasteiger partial charge on any atom is -0.442 e. The number of amides is 2. The van der Waals surface area contributed by atoms with E-state index in [9.17, 15) is 14.0 Å². The highest BCUT2D eigenvalue weighted by Crippen LogP contribution is 2.29. The van der Waals surface area contributed by atoms with Crippen LogP contribution in [0.2, 0.25) is 0 Å². The van der Waals surface area contributed by atoms with Gasteiger partial charge < -0.3 is 15.0 Å². The summed E-state index contributed by atoms with van der Waals surface area (Å²) < 4.78 is 20.2. The van der Waals surface area contributed by atoms with Gasteiger partial charge in [0.25, 0.3) is 0 Å². The van der Waals surface area contributed by atoms with Gasteiger partial charge in [0.2, 0.25) is 5.91 Å². The standard InChI is InChI=1S/C21H30FN3O3S/c1-21(2,3)19(26)23-13-16-14-25(20(27)28-16)15-6-7-18(17(22)12-15)24-8-4-10-29-11-5-9-24/h6-7,12,16H,4-5,8-11,13-14H2,1-3H3,(H,23,26)/t16-/m0/s1. The smallest absolute Gasteiger partial charge is 0.414 e. The average molecular weight is 424 g/mol. The first-order valence-corrected chi connectivity index (χ1v) is 11.3. The molecule has 3 rings (SSSR count). The number of nitrogens with zero attached hydrogens (tertiary/aromatic N) is 2. The van der Waals surface area contributed by atoms with Crippen LogP contribution in [0, 0.1) is 11.2 Å². The number of carbonyl (C=O) groups is 2. The number of cyclic esters (lactones) is 1. The maximum absolute atomic E-state index is 14.8. The molecule has 0 aliphatic carbocycles. The summed E-state index contributed by atoms with van der Waals surface area (Å²) in [7, 11) is 0. The molecule has 1 aromatic rings. The zero-order chi connectivity index (χ0) is 21.0. The summed E-state index contributed by atoms with van der Waals surface area (Å²) in [4.78, 5) is 27.8. The molecule has 1 atom stereocenters. The van der Waals surface area contributed by atoms with Crippen molar-refractivity contribution in [3.05, 3.63) is 24.0 Å². The summed E-state index contributed by atoms with van der Waals surface area (Å²) in [5, 5.41) is 2.81. The Morgan fingerprint density at radius 2 is 1.97 bits per heavy atom. The number of benzene rings is 1. The summed E-state index contributed by atoms with van der Waals surface area (Å²) >= 11 is 1.95. The van der Waals surface area contributed by atoms with Gasteiger partial charge in [0, 0.05) is 18.5 Å². The fourth-order valence-electron chi connectivity index (χ4n) is 3.40. The van der Waals surface area contributed by atoms with E-state index in [-0.39, 0.29) is 24.8 Å². The molecule has 0 saturated carbocycles. The molecule has 0 spiro atoms. The molecular weight excluding hydrogens is 393 g/mol. The van der Waals surface area contributed by atoms with Crippen molar-refractivity contribution < 1.29 is 18.7 Å². The zero-order valence-electron chi connectivity index (χ0n) is 17.4. The molecule has 2 fully saturated rings. The van der Waals surface area contributed by atoms with Gasteiger partial charge >= 0.3 is 6.09 Å². The second-order valence-corrected chi connectivity index (χ2v) is 9.74. The summed E-state index contributed by atoms with van der Waals surface area (Å²) in [6, 6.07) is 4.92. The average Bonchev–Trinajstić information content (AvgIpc) is 3.00. The van der Waals surface area contributed by atoms with E-state index in [4.69, 9.17) is 4.74 Å². The number of anilines is 2. The van der Waals surface area contributed by atoms with Crippen molar-refractivity contribution in [2.75, 3.05) is 47.5 Å². The number of halogens is 1. The molecule has 1 N–H and O–H groups in total. The van der Waals surface area contributed by atoms with Gasteiger partial charge in [-0.15, -0.1) is 0 Å². The lowest BCUT2D eigenvalue weighted by atomic mass is 9.96. The lowest BCUT2D eigenvalue weighted by Crippen LogP contribution is -2.40. The lowest BCUT2D eigenvalue weighted by Gasteiger charge is -2.27. The highest BCUT2D eigenvalue weighted by molar-refractivity contribution is 7.99. The molecule has 2 amide bonds. The molecule has 2 aliphatic heterocycles. The Morgan fingerprint density at radius 1 is 1.28 bits per heavy atom. The third-order valence-corrected chi connectivity index (χ3v) is 6.22. The molecule has 0 aromatic heterocycles. The third-order valence-electron chi connectivity index (χ3n) is 5.06. The predicted molar refractivity (Wildman–Crippen MR) is 115 cm³/mol. The largest absolute Gasteiger partial charge is 0.442 e. The quantitative estimate of drug-likeness (QED) is 0.801. The number of nitrogens with one attached hydrogen (secondary N) is 1. The second kappa shape index (κ2) is 9.24. The first-order valence-electron chi connectivity index (χ1n) is 10.1. The maximum atomic E-state index is 14.8. The van der Waals surface area contributed by atoms with Crippen molar-refractivity contribution in [2.45, 2.75) is 39.7 Å². The van der Waals surface area contributed by atoms with E-state index in [1.54, 1.807) is 12.1 Å². The van der Waals surface area contributed by atoms with Gasteiger partial charge in [0.1, 0.15) is 11.9 Å². The van der Waals surface area contributed by atoms with Gasteiger partial charge in [-0.25, -0.2) is 9.18 Å². The van der Waals surface area contributed by atoms with Crippen LogP contribution in [0.5, 0.6) is 0 Å². The van der Waals surface area contributed by atoms with Crippen molar-refractivity contribution in [2.24, 2.45) is 5.41 Å². The third kappa shape index (κ3) is 5.56. The number of carbonyl (C=O) groups excluding carboxylic acids is 2. The summed E-state index contributed by atoms with van der Waals surface area (Å²) in [6.07, 6.45) is 1.09. The number of hydrogen-bond acceptors (Lipinski definition) is 5. The van der Waals surface area contributed by atoms with Crippen LogP contribution >= 0.6 is 11.8 Å². The molecule has 2 aliphatic rings. The SMILES string of the molecule is CC(C)(C)C(=O)NC[C@H]1CN(c2ccc(N3CCCSCCC3)c(F)c2)C(=O)O1. The molecule has 1 aromatic carbocycles. The Balaban J connectivity index is 1.63. The number of thioether (sulfide) groups is 1. The van der Waals surface area contributed by atoms with Crippen LogP contribution in [0.25, 0.3) is 0 Å². The van der Waals surface area contributed by atoms with Crippen molar-refractivity contribution in [3.63, 3.8) is 0 Å². The Morgan fingerprint density at radius 3 is 2.59 bits per heavy atom. The van der Waals surface area contributed by atoms with E-state index in [1.165, 1.54) is 11.0 Å². The van der Waals surface area contributed by atoms with Crippen molar-refractivity contribution >= 4 is 35.1 Å². The van der Waals surface area contributed by atoms with E-state index in [1.807, 2.05) is 32.5 Å². The molecular formula is C21H30FN3O3S. The fraction of sp³-hybridized carbons (Fsp3) is 0.619. The molecule has 0 unspecified atom stereocenters. The minimum atomic E-state index is -0.518. The van der Waals surface area contributed by atoms with Crippen LogP contribution < -0.4 is 15.1 Å². The molecule has 6 nitrogen and oxygen atoms in total. The van der Waals surface area contributed by atoms with Crippen LogP contribution in [-0.4, -0.2) is 55.8 Å². The van der Waals surface area contributed by atoms with Gasteiger partial charge in [-0.3, -0.25) is 9.69 Å². The maximum Gasteiger partial charge on any atom is 0.414 e. The summed E-state index contributed by atoms with van der Waals surface area (Å²) in [5.74, 6) is 1.77. The summed E-state index contributed by atoms with van der Waals surface area (Å²) in [6.45, 7) is 7.67. The Hall–Kier alpha value is -1.96. The predicted octanol–water partition coefficient (Wildman–Crippen LogP) is 3.65. The number of hydrogen-bond donors (Lipinski definition) is 1. The summed E-state index contributed by atoms with van der Waals surface area (Å²) in [5.41, 5.74) is 0.553. The van der Waals surface area contributed by atoms with Crippen LogP contribution in [0.15, 0.2) is 18.2 Å². The minimum absolute atomic E-state index is 0.103. The van der Waals surface area contributed by atoms with Gasteiger partial charge in [0.15, 0.2) is 0 Å². The Kier molecular flexibility index (Phi) is 6.93. The van der Waals surface area contributed by atoms with Crippen LogP contribution in [0.3, 0.4) is 0 Å². The van der Waals surface area contributed by atoms with Crippen molar-refractivity contribution in [3.8, 4) is 0 Å². The van der Waals surface area contributed by atoms with E-state index in [0.29, 0.717) is 11.4 Å². The Labute approximate surface area is 176 Å². The first kappa shape index (κ1) is 21.7. The topological polar surface area (TPSA) is 61.9 Å². The molecule has 160 valence electrons. The first-order chi connectivity index (χ1) is 13.8. The Bertz CT molecular complexity index is 745. The normalized spacial score (nSPS) is 20.8. The molecule has 0 radical (unpaired) electrons. The second-order valence-electron chi connectivity index (χ2n) is 8.52. The van der Waals surface area contributed by atoms with Gasteiger partial charge in [-0.2, -0.15) is 11.8 Å². The monoisotopic (exact) mass is 423 g/mol. The van der Waals surface area contributed by atoms with Gasteiger partial charge in [0.05, 0.1) is 24.5 Å². The highest BCUT2D eigenvalue weighted by Gasteiger charge is 2.34. The zero-order valence-corrected chi connectivity index (χ0v) is 18.2. The fourth-order valence-corrected chi connectivity index (χ4v) is 4.27. The molecule has 2 heterocycles. The molecule has 29 heavy (non-hydrogen) atoms. The number of ether oxygens (including phenoxy) is 1.